The SMILES string of the molecule is CC.CC1C=CC(C)C1. The van der Waals surface area contributed by atoms with Crippen molar-refractivity contribution in [3.8, 4) is 0 Å². The lowest BCUT2D eigenvalue weighted by molar-refractivity contribution is 0.591. The van der Waals surface area contributed by atoms with Crippen LogP contribution in [-0.4, -0.2) is 0 Å². The molecule has 1 aliphatic carbocycles. The maximum Gasteiger partial charge on any atom is -0.0256 e. The van der Waals surface area contributed by atoms with Crippen LogP contribution < -0.4 is 0 Å². The Labute approximate surface area is 59.0 Å². The van der Waals surface area contributed by atoms with Crippen molar-refractivity contribution in [2.45, 2.75) is 34.1 Å². The smallest absolute Gasteiger partial charge is 0.0256 e. The van der Waals surface area contributed by atoms with Crippen LogP contribution >= 0.6 is 0 Å². The van der Waals surface area contributed by atoms with Gasteiger partial charge in [0.25, 0.3) is 0 Å². The van der Waals surface area contributed by atoms with E-state index in [1.54, 1.807) is 0 Å². The van der Waals surface area contributed by atoms with E-state index in [2.05, 4.69) is 26.0 Å². The van der Waals surface area contributed by atoms with Crippen LogP contribution in [0.4, 0.5) is 0 Å². The Hall–Kier alpha value is -0.260. The molecule has 1 aliphatic rings. The fourth-order valence-corrected chi connectivity index (χ4v) is 1.12. The van der Waals surface area contributed by atoms with E-state index in [9.17, 15) is 0 Å². The van der Waals surface area contributed by atoms with Crippen molar-refractivity contribution in [1.82, 2.24) is 0 Å². The molecule has 9 heavy (non-hydrogen) atoms. The monoisotopic (exact) mass is 126 g/mol. The van der Waals surface area contributed by atoms with Crippen LogP contribution in [0.2, 0.25) is 0 Å². The Morgan fingerprint density at radius 2 is 1.33 bits per heavy atom. The molecule has 0 aliphatic heterocycles. The van der Waals surface area contributed by atoms with Gasteiger partial charge >= 0.3 is 0 Å². The van der Waals surface area contributed by atoms with Gasteiger partial charge < -0.3 is 0 Å². The summed E-state index contributed by atoms with van der Waals surface area (Å²) < 4.78 is 0. The molecule has 0 aromatic rings. The van der Waals surface area contributed by atoms with Gasteiger partial charge in [-0.2, -0.15) is 0 Å². The maximum absolute atomic E-state index is 2.30. The van der Waals surface area contributed by atoms with Crippen LogP contribution in [0.25, 0.3) is 0 Å². The van der Waals surface area contributed by atoms with E-state index in [1.807, 2.05) is 13.8 Å². The molecule has 0 fully saturated rings. The summed E-state index contributed by atoms with van der Waals surface area (Å²) in [6.45, 7) is 8.53. The third-order valence-electron chi connectivity index (χ3n) is 1.51. The molecule has 0 radical (unpaired) electrons. The summed E-state index contributed by atoms with van der Waals surface area (Å²) in [5.41, 5.74) is 0. The first-order valence-electron chi connectivity index (χ1n) is 3.97. The molecule has 0 amide bonds. The second kappa shape index (κ2) is 4.60. The van der Waals surface area contributed by atoms with Crippen LogP contribution in [0.1, 0.15) is 34.1 Å². The van der Waals surface area contributed by atoms with Gasteiger partial charge in [0.1, 0.15) is 0 Å². The highest BCUT2D eigenvalue weighted by molar-refractivity contribution is 4.98. The lowest BCUT2D eigenvalue weighted by Crippen LogP contribution is -1.86. The van der Waals surface area contributed by atoms with Gasteiger partial charge in [-0.3, -0.25) is 0 Å². The molecular formula is C9H18. The molecule has 0 heteroatoms. The van der Waals surface area contributed by atoms with E-state index >= 15 is 0 Å². The Kier molecular flexibility index (Phi) is 4.47. The van der Waals surface area contributed by atoms with Gasteiger partial charge in [0.2, 0.25) is 0 Å². The van der Waals surface area contributed by atoms with Gasteiger partial charge in [-0.05, 0) is 18.3 Å². The molecule has 0 nitrogen and oxygen atoms in total. The molecule has 2 atom stereocenters. The van der Waals surface area contributed by atoms with Gasteiger partial charge in [-0.1, -0.05) is 39.8 Å². The van der Waals surface area contributed by atoms with Crippen molar-refractivity contribution < 1.29 is 0 Å². The molecule has 0 saturated heterocycles. The molecule has 2 unspecified atom stereocenters. The van der Waals surface area contributed by atoms with Gasteiger partial charge in [0.05, 0.1) is 0 Å². The first kappa shape index (κ1) is 8.74. The number of allylic oxidation sites excluding steroid dienone is 2. The largest absolute Gasteiger partial charge is 0.0854 e. The molecule has 0 aromatic carbocycles. The number of rotatable bonds is 0. The van der Waals surface area contributed by atoms with E-state index in [-0.39, 0.29) is 0 Å². The van der Waals surface area contributed by atoms with Crippen LogP contribution in [0.15, 0.2) is 12.2 Å². The van der Waals surface area contributed by atoms with Crippen LogP contribution in [0.5, 0.6) is 0 Å². The van der Waals surface area contributed by atoms with E-state index < -0.39 is 0 Å². The highest BCUT2D eigenvalue weighted by Gasteiger charge is 2.08. The van der Waals surface area contributed by atoms with E-state index in [0.29, 0.717) is 0 Å². The van der Waals surface area contributed by atoms with Gasteiger partial charge in [0, 0.05) is 0 Å². The second-order valence-electron chi connectivity index (χ2n) is 2.58. The zero-order valence-corrected chi connectivity index (χ0v) is 7.02. The minimum atomic E-state index is 0.843. The minimum absolute atomic E-state index is 0.843. The zero-order valence-electron chi connectivity index (χ0n) is 7.02. The summed E-state index contributed by atoms with van der Waals surface area (Å²) in [5, 5.41) is 0. The van der Waals surface area contributed by atoms with E-state index in [1.165, 1.54) is 6.42 Å². The molecule has 54 valence electrons. The molecule has 0 saturated carbocycles. The minimum Gasteiger partial charge on any atom is -0.0854 e. The molecule has 1 rings (SSSR count). The van der Waals surface area contributed by atoms with Crippen LogP contribution in [0.3, 0.4) is 0 Å². The molecule has 0 heterocycles. The molecule has 0 N–H and O–H groups in total. The molecule has 0 spiro atoms. The van der Waals surface area contributed by atoms with E-state index in [4.69, 9.17) is 0 Å². The Balaban J connectivity index is 0.000000291. The lowest BCUT2D eigenvalue weighted by Gasteiger charge is -1.97. The second-order valence-corrected chi connectivity index (χ2v) is 2.58. The summed E-state index contributed by atoms with van der Waals surface area (Å²) >= 11 is 0. The van der Waals surface area contributed by atoms with E-state index in [0.717, 1.165) is 11.8 Å². The van der Waals surface area contributed by atoms with Crippen molar-refractivity contribution in [2.75, 3.05) is 0 Å². The fourth-order valence-electron chi connectivity index (χ4n) is 1.12. The quantitative estimate of drug-likeness (QED) is 0.437. The van der Waals surface area contributed by atoms with Crippen molar-refractivity contribution in [2.24, 2.45) is 11.8 Å². The Morgan fingerprint density at radius 3 is 1.44 bits per heavy atom. The number of hydrogen-bond donors (Lipinski definition) is 0. The average molecular weight is 126 g/mol. The third-order valence-corrected chi connectivity index (χ3v) is 1.51. The van der Waals surface area contributed by atoms with Crippen molar-refractivity contribution in [3.05, 3.63) is 12.2 Å². The summed E-state index contributed by atoms with van der Waals surface area (Å²) in [5.74, 6) is 1.69. The first-order chi connectivity index (χ1) is 4.29. The van der Waals surface area contributed by atoms with Crippen LogP contribution in [0, 0.1) is 11.8 Å². The summed E-state index contributed by atoms with van der Waals surface area (Å²) in [7, 11) is 0. The topological polar surface area (TPSA) is 0 Å². The fraction of sp³-hybridized carbons (Fsp3) is 0.778. The van der Waals surface area contributed by atoms with Crippen molar-refractivity contribution in [1.29, 1.82) is 0 Å². The van der Waals surface area contributed by atoms with Gasteiger partial charge in [-0.15, -0.1) is 0 Å². The Morgan fingerprint density at radius 1 is 1.00 bits per heavy atom. The highest BCUT2D eigenvalue weighted by Crippen LogP contribution is 2.21. The maximum atomic E-state index is 2.30. The van der Waals surface area contributed by atoms with Gasteiger partial charge in [-0.25, -0.2) is 0 Å². The first-order valence-corrected chi connectivity index (χ1v) is 3.97. The number of hydrogen-bond acceptors (Lipinski definition) is 0. The van der Waals surface area contributed by atoms with Crippen molar-refractivity contribution >= 4 is 0 Å². The average Bonchev–Trinajstić information content (AvgIpc) is 2.20. The summed E-state index contributed by atoms with van der Waals surface area (Å²) in [6, 6.07) is 0. The van der Waals surface area contributed by atoms with Crippen molar-refractivity contribution in [3.63, 3.8) is 0 Å². The molecule has 0 aromatic heterocycles. The normalized spacial score (nSPS) is 31.6. The standard InChI is InChI=1S/C7H12.C2H6/c1-6-3-4-7(2)5-6;1-2/h3-4,6-7H,5H2,1-2H3;1-2H3. The highest BCUT2D eigenvalue weighted by atomic mass is 14.1. The van der Waals surface area contributed by atoms with Crippen LogP contribution in [-0.2, 0) is 0 Å². The predicted octanol–water partition coefficient (Wildman–Crippen LogP) is 3.24. The van der Waals surface area contributed by atoms with Gasteiger partial charge in [0.15, 0.2) is 0 Å². The molecule has 0 bridgehead atoms. The lowest BCUT2D eigenvalue weighted by atomic mass is 10.1. The molecular weight excluding hydrogens is 108 g/mol. The summed E-state index contributed by atoms with van der Waals surface area (Å²) in [4.78, 5) is 0. The predicted molar refractivity (Wildman–Crippen MR) is 43.4 cm³/mol. The summed E-state index contributed by atoms with van der Waals surface area (Å²) in [6.07, 6.45) is 5.95. The Bertz CT molecular complexity index is 72.0. The third kappa shape index (κ3) is 3.34. The zero-order chi connectivity index (χ0) is 7.28.